The third kappa shape index (κ3) is 1.77. The molecule has 5 nitrogen and oxygen atoms in total. The molecule has 0 aromatic heterocycles. The molecule has 1 rings (SSSR count). The van der Waals surface area contributed by atoms with Crippen molar-refractivity contribution < 1.29 is 15.1 Å². The molecule has 5 heteroatoms. The average Bonchev–Trinajstić information content (AvgIpc) is 2.05. The first-order valence-electron chi connectivity index (χ1n) is 3.24. The topological polar surface area (TPSA) is 72.6 Å². The normalized spacial score (nSPS) is 9.75. The van der Waals surface area contributed by atoms with Gasteiger partial charge >= 0.3 is 0 Å². The van der Waals surface area contributed by atoms with E-state index in [0.29, 0.717) is 5.56 Å². The van der Waals surface area contributed by atoms with Crippen molar-refractivity contribution >= 4 is 5.69 Å². The summed E-state index contributed by atoms with van der Waals surface area (Å²) < 4.78 is 0. The molecule has 1 aromatic rings. The van der Waals surface area contributed by atoms with Crippen molar-refractivity contribution in [2.24, 2.45) is 0 Å². The Bertz CT molecular complexity index is 286. The van der Waals surface area contributed by atoms with Gasteiger partial charge in [0.05, 0.1) is 10.5 Å². The van der Waals surface area contributed by atoms with Crippen molar-refractivity contribution in [1.29, 1.82) is 0 Å². The molecule has 0 unspecified atom stereocenters. The molecule has 0 atom stereocenters. The highest BCUT2D eigenvalue weighted by molar-refractivity contribution is 5.39. The monoisotopic (exact) mass is 169 g/mol. The zero-order chi connectivity index (χ0) is 8.97. The first kappa shape index (κ1) is 8.63. The summed E-state index contributed by atoms with van der Waals surface area (Å²) >= 11 is 0. The van der Waals surface area contributed by atoms with E-state index >= 15 is 0 Å². The summed E-state index contributed by atoms with van der Waals surface area (Å²) in [5.41, 5.74) is 0.302. The van der Waals surface area contributed by atoms with Crippen LogP contribution in [-0.2, 0) is 11.5 Å². The van der Waals surface area contributed by atoms with Crippen LogP contribution in [-0.4, -0.2) is 10.2 Å². The lowest BCUT2D eigenvalue weighted by Crippen LogP contribution is -1.96. The lowest BCUT2D eigenvalue weighted by molar-refractivity contribution is -0.386. The zero-order valence-electron chi connectivity index (χ0n) is 6.14. The number of rotatable bonds is 3. The van der Waals surface area contributed by atoms with Gasteiger partial charge in [0.1, 0.15) is 6.61 Å². The SMILES string of the molecule is O=[N+]([O-])c1ccccc1COO. The molecule has 0 saturated carbocycles. The second kappa shape index (κ2) is 3.80. The van der Waals surface area contributed by atoms with Crippen molar-refractivity contribution in [3.63, 3.8) is 0 Å². The Morgan fingerprint density at radius 2 is 2.17 bits per heavy atom. The largest absolute Gasteiger partial charge is 0.275 e. The third-order valence-corrected chi connectivity index (χ3v) is 1.41. The average molecular weight is 169 g/mol. The van der Waals surface area contributed by atoms with Crippen LogP contribution in [0.3, 0.4) is 0 Å². The van der Waals surface area contributed by atoms with Crippen molar-refractivity contribution in [2.45, 2.75) is 6.61 Å². The molecule has 0 aliphatic heterocycles. The van der Waals surface area contributed by atoms with Crippen LogP contribution in [0.5, 0.6) is 0 Å². The molecule has 12 heavy (non-hydrogen) atoms. The highest BCUT2D eigenvalue weighted by atomic mass is 17.1. The van der Waals surface area contributed by atoms with Crippen LogP contribution in [0, 0.1) is 10.1 Å². The van der Waals surface area contributed by atoms with Gasteiger partial charge in [0.2, 0.25) is 0 Å². The van der Waals surface area contributed by atoms with E-state index in [-0.39, 0.29) is 12.3 Å². The van der Waals surface area contributed by atoms with Crippen molar-refractivity contribution in [1.82, 2.24) is 0 Å². The Hall–Kier alpha value is -1.46. The fraction of sp³-hybridized carbons (Fsp3) is 0.143. The Morgan fingerprint density at radius 3 is 2.75 bits per heavy atom. The molecule has 64 valence electrons. The molecular weight excluding hydrogens is 162 g/mol. The summed E-state index contributed by atoms with van der Waals surface area (Å²) in [6.07, 6.45) is 0. The van der Waals surface area contributed by atoms with Crippen molar-refractivity contribution in [3.05, 3.63) is 39.9 Å². The Labute approximate surface area is 68.3 Å². The van der Waals surface area contributed by atoms with E-state index in [1.807, 2.05) is 0 Å². The third-order valence-electron chi connectivity index (χ3n) is 1.41. The number of hydrogen-bond acceptors (Lipinski definition) is 4. The van der Waals surface area contributed by atoms with Crippen molar-refractivity contribution in [3.8, 4) is 0 Å². The summed E-state index contributed by atoms with van der Waals surface area (Å²) in [6, 6.07) is 6.07. The van der Waals surface area contributed by atoms with E-state index in [1.54, 1.807) is 12.1 Å². The molecule has 0 bridgehead atoms. The highest BCUT2D eigenvalue weighted by Crippen LogP contribution is 2.17. The van der Waals surface area contributed by atoms with Gasteiger partial charge in [-0.05, 0) is 6.07 Å². The quantitative estimate of drug-likeness (QED) is 0.423. The second-order valence-corrected chi connectivity index (χ2v) is 2.16. The van der Waals surface area contributed by atoms with E-state index < -0.39 is 4.92 Å². The number of nitro groups is 1. The molecule has 0 fully saturated rings. The van der Waals surface area contributed by atoms with Crippen molar-refractivity contribution in [2.75, 3.05) is 0 Å². The number of nitrogens with zero attached hydrogens (tertiary/aromatic N) is 1. The maximum Gasteiger partial charge on any atom is 0.275 e. The number of hydrogen-bond donors (Lipinski definition) is 1. The highest BCUT2D eigenvalue weighted by Gasteiger charge is 2.11. The Kier molecular flexibility index (Phi) is 2.73. The molecule has 1 aromatic carbocycles. The fourth-order valence-electron chi connectivity index (χ4n) is 0.881. The van der Waals surface area contributed by atoms with Gasteiger partial charge in [-0.1, -0.05) is 12.1 Å². The predicted octanol–water partition coefficient (Wildman–Crippen LogP) is 1.58. The smallest absolute Gasteiger partial charge is 0.258 e. The maximum atomic E-state index is 10.4. The van der Waals surface area contributed by atoms with Gasteiger partial charge in [0, 0.05) is 6.07 Å². The number of benzene rings is 1. The van der Waals surface area contributed by atoms with Gasteiger partial charge in [-0.25, -0.2) is 4.89 Å². The van der Waals surface area contributed by atoms with E-state index in [1.165, 1.54) is 12.1 Å². The van der Waals surface area contributed by atoms with Gasteiger partial charge in [-0.2, -0.15) is 0 Å². The summed E-state index contributed by atoms with van der Waals surface area (Å²) in [5, 5.41) is 18.5. The molecular formula is C7H7NO4. The molecule has 0 heterocycles. The minimum absolute atomic E-state index is 0.0495. The molecule has 0 aliphatic carbocycles. The first-order valence-corrected chi connectivity index (χ1v) is 3.24. The molecule has 0 spiro atoms. The standard InChI is InChI=1S/C7H7NO4/c9-8(10)7-4-2-1-3-6(7)5-12-11/h1-4,11H,5H2. The molecule has 0 saturated heterocycles. The molecule has 0 aliphatic rings. The van der Waals surface area contributed by atoms with Gasteiger partial charge in [0.25, 0.3) is 5.69 Å². The molecule has 1 N–H and O–H groups in total. The number of para-hydroxylation sites is 1. The van der Waals surface area contributed by atoms with E-state index in [2.05, 4.69) is 4.89 Å². The fourth-order valence-corrected chi connectivity index (χ4v) is 0.881. The zero-order valence-corrected chi connectivity index (χ0v) is 6.14. The van der Waals surface area contributed by atoms with Gasteiger partial charge in [0.15, 0.2) is 0 Å². The minimum Gasteiger partial charge on any atom is -0.258 e. The summed E-state index contributed by atoms with van der Waals surface area (Å²) in [7, 11) is 0. The molecule has 0 radical (unpaired) electrons. The van der Waals surface area contributed by atoms with Gasteiger partial charge < -0.3 is 0 Å². The van der Waals surface area contributed by atoms with Gasteiger partial charge in [-0.15, -0.1) is 0 Å². The summed E-state index contributed by atoms with van der Waals surface area (Å²) in [6.45, 7) is -0.169. The van der Waals surface area contributed by atoms with Crippen LogP contribution >= 0.6 is 0 Å². The Balaban J connectivity index is 3.00. The predicted molar refractivity (Wildman–Crippen MR) is 40.5 cm³/mol. The summed E-state index contributed by atoms with van der Waals surface area (Å²) in [4.78, 5) is 13.7. The maximum absolute atomic E-state index is 10.4. The molecule has 0 amide bonds. The van der Waals surface area contributed by atoms with E-state index in [9.17, 15) is 10.1 Å². The Morgan fingerprint density at radius 1 is 1.50 bits per heavy atom. The number of nitro benzene ring substituents is 1. The summed E-state index contributed by atoms with van der Waals surface area (Å²) in [5.74, 6) is 0. The van der Waals surface area contributed by atoms with Gasteiger partial charge in [-0.3, -0.25) is 15.4 Å². The van der Waals surface area contributed by atoms with Crippen LogP contribution in [0.2, 0.25) is 0 Å². The lowest BCUT2D eigenvalue weighted by Gasteiger charge is -1.98. The first-order chi connectivity index (χ1) is 5.75. The minimum atomic E-state index is -0.519. The van der Waals surface area contributed by atoms with Crippen LogP contribution in [0.15, 0.2) is 24.3 Å². The second-order valence-electron chi connectivity index (χ2n) is 2.16. The van der Waals surface area contributed by atoms with Crippen LogP contribution in [0.25, 0.3) is 0 Å². The van der Waals surface area contributed by atoms with E-state index in [0.717, 1.165) is 0 Å². The van der Waals surface area contributed by atoms with Crippen LogP contribution in [0.1, 0.15) is 5.56 Å². The van der Waals surface area contributed by atoms with Crippen LogP contribution in [0.4, 0.5) is 5.69 Å². The van der Waals surface area contributed by atoms with E-state index in [4.69, 9.17) is 5.26 Å². The lowest BCUT2D eigenvalue weighted by atomic mass is 10.2. The van der Waals surface area contributed by atoms with Crippen LogP contribution < -0.4 is 0 Å².